The van der Waals surface area contributed by atoms with Gasteiger partial charge in [-0.2, -0.15) is 0 Å². The highest BCUT2D eigenvalue weighted by atomic mass is 16.5. The highest BCUT2D eigenvalue weighted by molar-refractivity contribution is 5.35. The molecule has 0 heterocycles. The topological polar surface area (TPSA) is 38.7 Å². The van der Waals surface area contributed by atoms with Crippen LogP contribution in [0, 0.1) is 0 Å². The van der Waals surface area contributed by atoms with Gasteiger partial charge in [0.05, 0.1) is 13.7 Å². The van der Waals surface area contributed by atoms with Crippen molar-refractivity contribution in [2.45, 2.75) is 6.10 Å². The molecule has 1 rings (SSSR count). The summed E-state index contributed by atoms with van der Waals surface area (Å²) < 4.78 is 10.2. The number of ether oxygens (including phenoxy) is 2. The van der Waals surface area contributed by atoms with Gasteiger partial charge >= 0.3 is 0 Å². The monoisotopic (exact) mass is 182 g/mol. The third-order valence-corrected chi connectivity index (χ3v) is 1.94. The van der Waals surface area contributed by atoms with Crippen LogP contribution in [0.2, 0.25) is 0 Å². The Balaban J connectivity index is 2.96. The second-order valence-corrected chi connectivity index (χ2v) is 2.65. The Morgan fingerprint density at radius 2 is 2.00 bits per heavy atom. The zero-order valence-corrected chi connectivity index (χ0v) is 7.86. The normalized spacial score (nSPS) is 12.5. The van der Waals surface area contributed by atoms with Crippen molar-refractivity contribution in [2.24, 2.45) is 0 Å². The van der Waals surface area contributed by atoms with Gasteiger partial charge in [0, 0.05) is 12.7 Å². The quantitative estimate of drug-likeness (QED) is 0.764. The van der Waals surface area contributed by atoms with E-state index in [1.165, 1.54) is 0 Å². The molecule has 0 bridgehead atoms. The van der Waals surface area contributed by atoms with E-state index in [-0.39, 0.29) is 12.7 Å². The SMILES string of the molecule is COc1ccccc1[C@H](CO)OC. The summed E-state index contributed by atoms with van der Waals surface area (Å²) in [5.74, 6) is 0.739. The molecule has 0 aromatic heterocycles. The Hall–Kier alpha value is -1.06. The fraction of sp³-hybridized carbons (Fsp3) is 0.400. The number of rotatable bonds is 4. The summed E-state index contributed by atoms with van der Waals surface area (Å²) in [5, 5.41) is 9.02. The second-order valence-electron chi connectivity index (χ2n) is 2.65. The Bertz CT molecular complexity index is 256. The van der Waals surface area contributed by atoms with Gasteiger partial charge in [-0.3, -0.25) is 0 Å². The first-order valence-electron chi connectivity index (χ1n) is 4.10. The molecule has 0 saturated heterocycles. The average molecular weight is 182 g/mol. The van der Waals surface area contributed by atoms with Gasteiger partial charge in [0.25, 0.3) is 0 Å². The molecule has 3 nitrogen and oxygen atoms in total. The number of aliphatic hydroxyl groups is 1. The molecule has 0 unspecified atom stereocenters. The summed E-state index contributed by atoms with van der Waals surface area (Å²) in [7, 11) is 3.16. The Labute approximate surface area is 77.9 Å². The average Bonchev–Trinajstić information content (AvgIpc) is 2.20. The van der Waals surface area contributed by atoms with Crippen LogP contribution in [0.3, 0.4) is 0 Å². The predicted octanol–water partition coefficient (Wildman–Crippen LogP) is 1.37. The van der Waals surface area contributed by atoms with Gasteiger partial charge in [0.1, 0.15) is 11.9 Å². The molecule has 1 aromatic carbocycles. The van der Waals surface area contributed by atoms with Crippen molar-refractivity contribution < 1.29 is 14.6 Å². The largest absolute Gasteiger partial charge is 0.496 e. The maximum atomic E-state index is 9.02. The summed E-state index contributed by atoms with van der Waals surface area (Å²) in [5.41, 5.74) is 0.870. The number of hydrogen-bond acceptors (Lipinski definition) is 3. The van der Waals surface area contributed by atoms with Crippen molar-refractivity contribution in [1.82, 2.24) is 0 Å². The molecule has 1 N–H and O–H groups in total. The molecule has 0 aliphatic carbocycles. The molecule has 0 fully saturated rings. The first-order valence-corrected chi connectivity index (χ1v) is 4.10. The highest BCUT2D eigenvalue weighted by Gasteiger charge is 2.13. The zero-order chi connectivity index (χ0) is 9.68. The summed E-state index contributed by atoms with van der Waals surface area (Å²) in [6.07, 6.45) is -0.309. The van der Waals surface area contributed by atoms with Crippen LogP contribution in [0.5, 0.6) is 5.75 Å². The smallest absolute Gasteiger partial charge is 0.124 e. The first-order chi connectivity index (χ1) is 6.33. The van der Waals surface area contributed by atoms with Crippen molar-refractivity contribution in [2.75, 3.05) is 20.8 Å². The molecule has 0 amide bonds. The van der Waals surface area contributed by atoms with Crippen molar-refractivity contribution in [1.29, 1.82) is 0 Å². The molecule has 0 aliphatic rings. The molecular formula is C10H14O3. The molecule has 13 heavy (non-hydrogen) atoms. The molecule has 0 saturated carbocycles. The molecule has 0 radical (unpaired) electrons. The fourth-order valence-electron chi connectivity index (χ4n) is 1.23. The molecule has 1 aromatic rings. The van der Waals surface area contributed by atoms with Gasteiger partial charge in [-0.15, -0.1) is 0 Å². The first kappa shape index (κ1) is 10.0. The van der Waals surface area contributed by atoms with Crippen LogP contribution in [-0.2, 0) is 4.74 Å². The maximum absolute atomic E-state index is 9.02. The third kappa shape index (κ3) is 2.20. The summed E-state index contributed by atoms with van der Waals surface area (Å²) >= 11 is 0. The number of hydrogen-bond donors (Lipinski definition) is 1. The number of aliphatic hydroxyl groups excluding tert-OH is 1. The van der Waals surface area contributed by atoms with Crippen molar-refractivity contribution in [3.05, 3.63) is 29.8 Å². The molecule has 0 aliphatic heterocycles. The predicted molar refractivity (Wildman–Crippen MR) is 49.8 cm³/mol. The molecule has 0 spiro atoms. The lowest BCUT2D eigenvalue weighted by atomic mass is 10.1. The van der Waals surface area contributed by atoms with Gasteiger partial charge in [-0.05, 0) is 6.07 Å². The van der Waals surface area contributed by atoms with E-state index in [4.69, 9.17) is 14.6 Å². The zero-order valence-electron chi connectivity index (χ0n) is 7.86. The van der Waals surface area contributed by atoms with E-state index in [9.17, 15) is 0 Å². The minimum Gasteiger partial charge on any atom is -0.496 e. The van der Waals surface area contributed by atoms with Crippen LogP contribution < -0.4 is 4.74 Å². The lowest BCUT2D eigenvalue weighted by Gasteiger charge is -2.15. The van der Waals surface area contributed by atoms with Crippen molar-refractivity contribution in [3.8, 4) is 5.75 Å². The van der Waals surface area contributed by atoms with Crippen LogP contribution in [0.4, 0.5) is 0 Å². The van der Waals surface area contributed by atoms with Gasteiger partial charge in [0.2, 0.25) is 0 Å². The van der Waals surface area contributed by atoms with Crippen LogP contribution in [-0.4, -0.2) is 25.9 Å². The molecule has 1 atom stereocenters. The Morgan fingerprint density at radius 3 is 2.54 bits per heavy atom. The molecular weight excluding hydrogens is 168 g/mol. The van der Waals surface area contributed by atoms with Crippen LogP contribution in [0.15, 0.2) is 24.3 Å². The van der Waals surface area contributed by atoms with Crippen LogP contribution in [0.1, 0.15) is 11.7 Å². The summed E-state index contributed by atoms with van der Waals surface area (Å²) in [4.78, 5) is 0. The second kappa shape index (κ2) is 4.84. The number of para-hydroxylation sites is 1. The van der Waals surface area contributed by atoms with E-state index in [0.717, 1.165) is 11.3 Å². The third-order valence-electron chi connectivity index (χ3n) is 1.94. The van der Waals surface area contributed by atoms with Crippen LogP contribution >= 0.6 is 0 Å². The maximum Gasteiger partial charge on any atom is 0.124 e. The fourth-order valence-corrected chi connectivity index (χ4v) is 1.23. The Morgan fingerprint density at radius 1 is 1.31 bits per heavy atom. The van der Waals surface area contributed by atoms with E-state index >= 15 is 0 Å². The minimum atomic E-state index is -0.309. The van der Waals surface area contributed by atoms with E-state index in [0.29, 0.717) is 0 Å². The lowest BCUT2D eigenvalue weighted by Crippen LogP contribution is -2.07. The minimum absolute atomic E-state index is 0.0448. The van der Waals surface area contributed by atoms with E-state index < -0.39 is 0 Å². The van der Waals surface area contributed by atoms with Gasteiger partial charge in [-0.25, -0.2) is 0 Å². The molecule has 3 heteroatoms. The standard InChI is InChI=1S/C10H14O3/c1-12-9-6-4-3-5-8(9)10(7-11)13-2/h3-6,10-11H,7H2,1-2H3/t10-/m0/s1. The highest BCUT2D eigenvalue weighted by Crippen LogP contribution is 2.26. The Kier molecular flexibility index (Phi) is 3.73. The van der Waals surface area contributed by atoms with Crippen LogP contribution in [0.25, 0.3) is 0 Å². The lowest BCUT2D eigenvalue weighted by molar-refractivity contribution is 0.0467. The van der Waals surface area contributed by atoms with E-state index in [1.54, 1.807) is 14.2 Å². The number of benzene rings is 1. The van der Waals surface area contributed by atoms with Crippen molar-refractivity contribution in [3.63, 3.8) is 0 Å². The van der Waals surface area contributed by atoms with Gasteiger partial charge < -0.3 is 14.6 Å². The molecule has 72 valence electrons. The van der Waals surface area contributed by atoms with E-state index in [2.05, 4.69) is 0 Å². The van der Waals surface area contributed by atoms with Gasteiger partial charge in [0.15, 0.2) is 0 Å². The number of methoxy groups -OCH3 is 2. The van der Waals surface area contributed by atoms with Gasteiger partial charge in [-0.1, -0.05) is 18.2 Å². The summed E-state index contributed by atoms with van der Waals surface area (Å²) in [6.45, 7) is -0.0448. The van der Waals surface area contributed by atoms with E-state index in [1.807, 2.05) is 24.3 Å². The summed E-state index contributed by atoms with van der Waals surface area (Å²) in [6, 6.07) is 7.49. The van der Waals surface area contributed by atoms with Crippen molar-refractivity contribution >= 4 is 0 Å².